The van der Waals surface area contributed by atoms with E-state index >= 15 is 0 Å². The zero-order valence-corrected chi connectivity index (χ0v) is 24.5. The summed E-state index contributed by atoms with van der Waals surface area (Å²) in [6, 6.07) is 1.11. The highest BCUT2D eigenvalue weighted by Gasteiger charge is 2.47. The van der Waals surface area contributed by atoms with Crippen molar-refractivity contribution >= 4 is 22.9 Å². The molecule has 0 radical (unpaired) electrons. The minimum atomic E-state index is -0.436. The monoisotopic (exact) mass is 514 g/mol. The van der Waals surface area contributed by atoms with Gasteiger partial charge in [0.1, 0.15) is 23.4 Å². The first-order chi connectivity index (χ1) is 17.6. The number of hydrogen-bond donors (Lipinski definition) is 1. The van der Waals surface area contributed by atoms with Gasteiger partial charge in [-0.1, -0.05) is 27.7 Å². The summed E-state index contributed by atoms with van der Waals surface area (Å²) in [7, 11) is 0. The fourth-order valence-electron chi connectivity index (χ4n) is 6.31. The number of nitrogens with two attached hydrogens (primary N) is 1. The Morgan fingerprint density at radius 1 is 1.00 bits per heavy atom. The third kappa shape index (κ3) is 6.39. The smallest absolute Gasteiger partial charge is 0.410 e. The van der Waals surface area contributed by atoms with Gasteiger partial charge in [0.2, 0.25) is 0 Å². The van der Waals surface area contributed by atoms with Gasteiger partial charge in [0.05, 0.1) is 5.39 Å². The van der Waals surface area contributed by atoms with E-state index in [1.807, 2.05) is 53.4 Å². The number of aryl methyl sites for hydroxylation is 1. The SMILES string of the molecule is CC.CC.Cc1cn(C2CCC(N3CCC4(CCN(C(=O)OC(C)(C)C)C4)C3)CC2)c2ncnc(N)c12. The highest BCUT2D eigenvalue weighted by atomic mass is 16.6. The number of likely N-dealkylation sites (tertiary alicyclic amines) is 2. The average molecular weight is 515 g/mol. The zero-order chi connectivity index (χ0) is 27.4. The van der Waals surface area contributed by atoms with E-state index in [9.17, 15) is 4.79 Å². The van der Waals surface area contributed by atoms with E-state index in [4.69, 9.17) is 10.5 Å². The lowest BCUT2D eigenvalue weighted by atomic mass is 9.86. The zero-order valence-electron chi connectivity index (χ0n) is 24.5. The van der Waals surface area contributed by atoms with Gasteiger partial charge in [-0.05, 0) is 78.3 Å². The molecular weight excluding hydrogens is 464 g/mol. The molecule has 1 unspecified atom stereocenters. The molecule has 3 aliphatic rings. The van der Waals surface area contributed by atoms with Gasteiger partial charge in [-0.2, -0.15) is 0 Å². The van der Waals surface area contributed by atoms with Crippen LogP contribution in [0.25, 0.3) is 11.0 Å². The van der Waals surface area contributed by atoms with Crippen LogP contribution in [-0.2, 0) is 4.74 Å². The number of fused-ring (bicyclic) bond motifs is 1. The van der Waals surface area contributed by atoms with E-state index in [2.05, 4.69) is 32.6 Å². The van der Waals surface area contributed by atoms with Gasteiger partial charge in [0, 0.05) is 43.3 Å². The maximum atomic E-state index is 12.5. The lowest BCUT2D eigenvalue weighted by molar-refractivity contribution is 0.0272. The van der Waals surface area contributed by atoms with Gasteiger partial charge in [-0.15, -0.1) is 0 Å². The lowest BCUT2D eigenvalue weighted by Gasteiger charge is -2.36. The molecule has 8 nitrogen and oxygen atoms in total. The second kappa shape index (κ2) is 12.0. The highest BCUT2D eigenvalue weighted by molar-refractivity contribution is 5.89. The summed E-state index contributed by atoms with van der Waals surface area (Å²) in [5.41, 5.74) is 8.05. The molecule has 1 atom stereocenters. The number of amides is 1. The van der Waals surface area contributed by atoms with E-state index < -0.39 is 5.60 Å². The van der Waals surface area contributed by atoms with Crippen molar-refractivity contribution in [1.29, 1.82) is 0 Å². The van der Waals surface area contributed by atoms with Crippen molar-refractivity contribution in [3.8, 4) is 0 Å². The molecule has 1 saturated carbocycles. The summed E-state index contributed by atoms with van der Waals surface area (Å²) in [4.78, 5) is 25.9. The van der Waals surface area contributed by atoms with Crippen LogP contribution in [0.3, 0.4) is 0 Å². The minimum Gasteiger partial charge on any atom is -0.444 e. The van der Waals surface area contributed by atoms with Crippen LogP contribution >= 0.6 is 0 Å². The predicted octanol–water partition coefficient (Wildman–Crippen LogP) is 6.19. The van der Waals surface area contributed by atoms with Crippen LogP contribution in [0.15, 0.2) is 12.5 Å². The molecule has 1 spiro atoms. The lowest BCUT2D eigenvalue weighted by Crippen LogP contribution is -2.40. The van der Waals surface area contributed by atoms with Crippen LogP contribution < -0.4 is 5.73 Å². The summed E-state index contributed by atoms with van der Waals surface area (Å²) >= 11 is 0. The predicted molar refractivity (Wildman–Crippen MR) is 152 cm³/mol. The Labute approximate surface area is 223 Å². The van der Waals surface area contributed by atoms with E-state index in [0.717, 1.165) is 62.0 Å². The van der Waals surface area contributed by atoms with Gasteiger partial charge < -0.3 is 19.9 Å². The van der Waals surface area contributed by atoms with Gasteiger partial charge in [-0.3, -0.25) is 4.90 Å². The number of aromatic nitrogens is 3. The molecule has 1 aliphatic carbocycles. The van der Waals surface area contributed by atoms with E-state index in [1.165, 1.54) is 19.3 Å². The van der Waals surface area contributed by atoms with Crippen LogP contribution in [0.4, 0.5) is 10.6 Å². The molecule has 2 aliphatic heterocycles. The molecule has 37 heavy (non-hydrogen) atoms. The summed E-state index contributed by atoms with van der Waals surface area (Å²) in [6.07, 6.45) is 10.6. The normalized spacial score (nSPS) is 26.0. The molecule has 1 amide bonds. The molecular formula is C29H50N6O2. The Balaban J connectivity index is 0.000000907. The molecule has 2 aromatic heterocycles. The number of anilines is 1. The molecule has 208 valence electrons. The molecule has 4 heterocycles. The van der Waals surface area contributed by atoms with Gasteiger partial charge in [0.15, 0.2) is 0 Å². The number of carbonyl (C=O) groups excluding carboxylic acids is 1. The topological polar surface area (TPSA) is 89.5 Å². The maximum Gasteiger partial charge on any atom is 0.410 e. The van der Waals surface area contributed by atoms with Crippen LogP contribution in [0.1, 0.15) is 98.6 Å². The van der Waals surface area contributed by atoms with Crippen molar-refractivity contribution in [2.45, 2.75) is 112 Å². The number of nitrogens with zero attached hydrogens (tertiary/aromatic N) is 5. The Morgan fingerprint density at radius 3 is 2.27 bits per heavy atom. The van der Waals surface area contributed by atoms with Crippen molar-refractivity contribution in [3.05, 3.63) is 18.1 Å². The van der Waals surface area contributed by atoms with Crippen LogP contribution in [-0.4, -0.2) is 68.3 Å². The van der Waals surface area contributed by atoms with Crippen molar-refractivity contribution in [2.75, 3.05) is 31.9 Å². The van der Waals surface area contributed by atoms with Crippen molar-refractivity contribution < 1.29 is 9.53 Å². The Bertz CT molecular complexity index is 1040. The van der Waals surface area contributed by atoms with Crippen LogP contribution in [0.2, 0.25) is 0 Å². The molecule has 2 N–H and O–H groups in total. The van der Waals surface area contributed by atoms with E-state index in [-0.39, 0.29) is 11.5 Å². The van der Waals surface area contributed by atoms with Crippen molar-refractivity contribution in [3.63, 3.8) is 0 Å². The summed E-state index contributed by atoms with van der Waals surface area (Å²) in [5.74, 6) is 0.573. The summed E-state index contributed by atoms with van der Waals surface area (Å²) in [6.45, 7) is 19.8. The van der Waals surface area contributed by atoms with Crippen LogP contribution in [0.5, 0.6) is 0 Å². The number of hydrogen-bond acceptors (Lipinski definition) is 6. The molecule has 0 bridgehead atoms. The second-order valence-corrected chi connectivity index (χ2v) is 11.5. The Kier molecular flexibility index (Phi) is 9.48. The third-order valence-electron chi connectivity index (χ3n) is 7.96. The first-order valence-corrected chi connectivity index (χ1v) is 14.4. The molecule has 0 aromatic carbocycles. The van der Waals surface area contributed by atoms with E-state index in [0.29, 0.717) is 17.9 Å². The van der Waals surface area contributed by atoms with Gasteiger partial charge in [0.25, 0.3) is 0 Å². The fraction of sp³-hybridized carbons (Fsp3) is 0.759. The largest absolute Gasteiger partial charge is 0.444 e. The minimum absolute atomic E-state index is 0.156. The van der Waals surface area contributed by atoms with Gasteiger partial charge in [-0.25, -0.2) is 14.8 Å². The Morgan fingerprint density at radius 2 is 1.62 bits per heavy atom. The quantitative estimate of drug-likeness (QED) is 0.514. The standard InChI is InChI=1S/C25H38N6O2.2C2H6/c1-17-13-31(22-20(17)21(26)27-16-28-22)19-7-5-18(6-8-19)29-11-9-25(14-29)10-12-30(15-25)23(32)33-24(2,3)4;2*1-2/h13,16,18-19H,5-12,14-15H2,1-4H3,(H2,26,27,28);2*1-2H3. The number of ether oxygens (including phenoxy) is 1. The molecule has 2 saturated heterocycles. The number of nitrogen functional groups attached to an aromatic ring is 1. The van der Waals surface area contributed by atoms with E-state index in [1.54, 1.807) is 6.33 Å². The first kappa shape index (κ1) is 29.2. The summed E-state index contributed by atoms with van der Waals surface area (Å²) < 4.78 is 7.95. The average Bonchev–Trinajstić information content (AvgIpc) is 3.59. The maximum absolute atomic E-state index is 12.5. The second-order valence-electron chi connectivity index (χ2n) is 11.5. The molecule has 8 heteroatoms. The summed E-state index contributed by atoms with van der Waals surface area (Å²) in [5, 5.41) is 0.997. The van der Waals surface area contributed by atoms with Crippen molar-refractivity contribution in [1.82, 2.24) is 24.3 Å². The van der Waals surface area contributed by atoms with Crippen LogP contribution in [0, 0.1) is 12.3 Å². The number of carbonyl (C=O) groups is 1. The molecule has 5 rings (SSSR count). The van der Waals surface area contributed by atoms with Crippen molar-refractivity contribution in [2.24, 2.45) is 5.41 Å². The molecule has 3 fully saturated rings. The highest BCUT2D eigenvalue weighted by Crippen LogP contribution is 2.43. The number of rotatable bonds is 2. The first-order valence-electron chi connectivity index (χ1n) is 14.4. The van der Waals surface area contributed by atoms with Gasteiger partial charge >= 0.3 is 6.09 Å². The Hall–Kier alpha value is -2.35. The third-order valence-corrected chi connectivity index (χ3v) is 7.96. The fourth-order valence-corrected chi connectivity index (χ4v) is 6.31. The molecule has 2 aromatic rings.